The molecule has 1 unspecified atom stereocenters. The van der Waals surface area contributed by atoms with Gasteiger partial charge in [-0.1, -0.05) is 23.7 Å². The molecule has 0 spiro atoms. The van der Waals surface area contributed by atoms with Crippen molar-refractivity contribution in [3.63, 3.8) is 0 Å². The van der Waals surface area contributed by atoms with E-state index in [4.69, 9.17) is 11.6 Å². The second-order valence-electron chi connectivity index (χ2n) is 3.58. The molecule has 1 aliphatic rings. The number of carbonyl (C=O) groups is 1. The first-order chi connectivity index (χ1) is 7.16. The predicted octanol–water partition coefficient (Wildman–Crippen LogP) is 2.30. The monoisotopic (exact) mass is 222 g/mol. The van der Waals surface area contributed by atoms with Crippen molar-refractivity contribution in [3.05, 3.63) is 34.9 Å². The third-order valence-corrected chi connectivity index (χ3v) is 2.57. The summed E-state index contributed by atoms with van der Waals surface area (Å²) in [5.74, 6) is -0.0535. The quantitative estimate of drug-likeness (QED) is 0.756. The summed E-state index contributed by atoms with van der Waals surface area (Å²) in [5.41, 5.74) is 1.03. The second-order valence-corrected chi connectivity index (χ2v) is 4.01. The number of benzene rings is 1. The molecule has 1 amide bonds. The van der Waals surface area contributed by atoms with Gasteiger partial charge in [-0.2, -0.15) is 5.10 Å². The molecule has 1 heterocycles. The number of hydrazone groups is 1. The summed E-state index contributed by atoms with van der Waals surface area (Å²) < 4.78 is 0. The SMILES string of the molecule is CC1C=NN(Cc2ccc(Cl)cc2)C1=O. The summed E-state index contributed by atoms with van der Waals surface area (Å²) >= 11 is 5.77. The van der Waals surface area contributed by atoms with Crippen LogP contribution in [-0.2, 0) is 11.3 Å². The first-order valence-corrected chi connectivity index (χ1v) is 5.14. The summed E-state index contributed by atoms with van der Waals surface area (Å²) in [5, 5.41) is 6.22. The Labute approximate surface area is 93.3 Å². The highest BCUT2D eigenvalue weighted by molar-refractivity contribution is 6.30. The van der Waals surface area contributed by atoms with Gasteiger partial charge in [-0.3, -0.25) is 4.79 Å². The molecule has 0 aliphatic carbocycles. The van der Waals surface area contributed by atoms with Crippen molar-refractivity contribution in [2.24, 2.45) is 11.0 Å². The molecule has 1 aromatic carbocycles. The second kappa shape index (κ2) is 4.03. The van der Waals surface area contributed by atoms with Crippen molar-refractivity contribution in [2.75, 3.05) is 0 Å². The Kier molecular flexibility index (Phi) is 2.73. The average molecular weight is 223 g/mol. The maximum Gasteiger partial charge on any atom is 0.251 e. The largest absolute Gasteiger partial charge is 0.272 e. The molecule has 1 aromatic rings. The van der Waals surface area contributed by atoms with E-state index in [-0.39, 0.29) is 11.8 Å². The number of amides is 1. The van der Waals surface area contributed by atoms with E-state index in [0.717, 1.165) is 5.56 Å². The zero-order chi connectivity index (χ0) is 10.8. The Morgan fingerprint density at radius 3 is 2.60 bits per heavy atom. The molecule has 0 aromatic heterocycles. The Hall–Kier alpha value is -1.35. The van der Waals surface area contributed by atoms with Crippen LogP contribution in [0.4, 0.5) is 0 Å². The van der Waals surface area contributed by atoms with Gasteiger partial charge in [0.1, 0.15) is 0 Å². The lowest BCUT2D eigenvalue weighted by Gasteiger charge is -2.12. The Bertz CT molecular complexity index is 400. The lowest BCUT2D eigenvalue weighted by atomic mass is 10.2. The summed E-state index contributed by atoms with van der Waals surface area (Å²) in [6, 6.07) is 7.41. The van der Waals surface area contributed by atoms with Crippen molar-refractivity contribution in [2.45, 2.75) is 13.5 Å². The van der Waals surface area contributed by atoms with Crippen LogP contribution in [0, 0.1) is 5.92 Å². The highest BCUT2D eigenvalue weighted by Gasteiger charge is 2.24. The number of carbonyl (C=O) groups excluding carboxylic acids is 1. The zero-order valence-electron chi connectivity index (χ0n) is 8.35. The minimum atomic E-state index is -0.0997. The standard InChI is InChI=1S/C11H11ClN2O/c1-8-6-13-14(11(8)15)7-9-2-4-10(12)5-3-9/h2-6,8H,7H2,1H3. The van der Waals surface area contributed by atoms with Crippen LogP contribution in [0.3, 0.4) is 0 Å². The minimum absolute atomic E-state index is 0.0463. The molecular formula is C11H11ClN2O. The predicted molar refractivity (Wildman–Crippen MR) is 59.7 cm³/mol. The van der Waals surface area contributed by atoms with Crippen LogP contribution in [0.15, 0.2) is 29.4 Å². The maximum absolute atomic E-state index is 11.6. The summed E-state index contributed by atoms with van der Waals surface area (Å²) in [6.45, 7) is 2.35. The van der Waals surface area contributed by atoms with Crippen molar-refractivity contribution in [3.8, 4) is 0 Å². The minimum Gasteiger partial charge on any atom is -0.272 e. The molecule has 1 aliphatic heterocycles. The van der Waals surface area contributed by atoms with Crippen molar-refractivity contribution in [1.29, 1.82) is 0 Å². The molecular weight excluding hydrogens is 212 g/mol. The van der Waals surface area contributed by atoms with Gasteiger partial charge in [-0.25, -0.2) is 5.01 Å². The van der Waals surface area contributed by atoms with Gasteiger partial charge >= 0.3 is 0 Å². The van der Waals surface area contributed by atoms with E-state index < -0.39 is 0 Å². The molecule has 4 heteroatoms. The van der Waals surface area contributed by atoms with Crippen LogP contribution in [0.1, 0.15) is 12.5 Å². The zero-order valence-corrected chi connectivity index (χ0v) is 9.11. The van der Waals surface area contributed by atoms with Crippen molar-refractivity contribution < 1.29 is 4.79 Å². The molecule has 15 heavy (non-hydrogen) atoms. The first kappa shape index (κ1) is 10.2. The highest BCUT2D eigenvalue weighted by Crippen LogP contribution is 2.15. The molecule has 2 rings (SSSR count). The van der Waals surface area contributed by atoms with E-state index in [9.17, 15) is 4.79 Å². The normalized spacial score (nSPS) is 20.0. The number of hydrogen-bond donors (Lipinski definition) is 0. The molecule has 78 valence electrons. The number of rotatable bonds is 2. The van der Waals surface area contributed by atoms with Crippen molar-refractivity contribution in [1.82, 2.24) is 5.01 Å². The van der Waals surface area contributed by atoms with Crippen molar-refractivity contribution >= 4 is 23.7 Å². The Morgan fingerprint density at radius 2 is 2.07 bits per heavy atom. The molecule has 3 nitrogen and oxygen atoms in total. The molecule has 1 atom stereocenters. The van der Waals surface area contributed by atoms with Crippen LogP contribution < -0.4 is 0 Å². The number of hydrogen-bond acceptors (Lipinski definition) is 2. The highest BCUT2D eigenvalue weighted by atomic mass is 35.5. The molecule has 0 N–H and O–H groups in total. The van der Waals surface area contributed by atoms with Crippen LogP contribution in [-0.4, -0.2) is 17.1 Å². The van der Waals surface area contributed by atoms with E-state index in [1.807, 2.05) is 31.2 Å². The summed E-state index contributed by atoms with van der Waals surface area (Å²) in [4.78, 5) is 11.6. The van der Waals surface area contributed by atoms with E-state index in [1.54, 1.807) is 6.21 Å². The Balaban J connectivity index is 2.07. The molecule has 0 saturated carbocycles. The average Bonchev–Trinajstić information content (AvgIpc) is 2.53. The van der Waals surface area contributed by atoms with E-state index in [1.165, 1.54) is 5.01 Å². The number of nitrogens with zero attached hydrogens (tertiary/aromatic N) is 2. The number of halogens is 1. The van der Waals surface area contributed by atoms with Crippen LogP contribution in [0.5, 0.6) is 0 Å². The van der Waals surface area contributed by atoms with Gasteiger partial charge in [0.25, 0.3) is 5.91 Å². The molecule has 0 bridgehead atoms. The molecule has 0 radical (unpaired) electrons. The van der Waals surface area contributed by atoms with Gasteiger partial charge in [-0.15, -0.1) is 0 Å². The first-order valence-electron chi connectivity index (χ1n) is 4.77. The van der Waals surface area contributed by atoms with Gasteiger partial charge in [0, 0.05) is 11.2 Å². The lowest BCUT2D eigenvalue weighted by molar-refractivity contribution is -0.131. The van der Waals surface area contributed by atoms with Gasteiger partial charge in [0.15, 0.2) is 0 Å². The Morgan fingerprint density at radius 1 is 1.40 bits per heavy atom. The van der Waals surface area contributed by atoms with E-state index in [0.29, 0.717) is 11.6 Å². The maximum atomic E-state index is 11.6. The lowest BCUT2D eigenvalue weighted by Crippen LogP contribution is -2.24. The summed E-state index contributed by atoms with van der Waals surface area (Å²) in [6.07, 6.45) is 1.66. The van der Waals surface area contributed by atoms with E-state index >= 15 is 0 Å². The van der Waals surface area contributed by atoms with Crippen LogP contribution in [0.25, 0.3) is 0 Å². The fraction of sp³-hybridized carbons (Fsp3) is 0.273. The topological polar surface area (TPSA) is 32.7 Å². The van der Waals surface area contributed by atoms with Gasteiger partial charge < -0.3 is 0 Å². The van der Waals surface area contributed by atoms with Crippen LogP contribution in [0.2, 0.25) is 5.02 Å². The molecule has 0 saturated heterocycles. The fourth-order valence-electron chi connectivity index (χ4n) is 1.42. The third kappa shape index (κ3) is 2.18. The van der Waals surface area contributed by atoms with Gasteiger partial charge in [-0.05, 0) is 24.6 Å². The summed E-state index contributed by atoms with van der Waals surface area (Å²) in [7, 11) is 0. The van der Waals surface area contributed by atoms with Crippen LogP contribution >= 0.6 is 11.6 Å². The fourth-order valence-corrected chi connectivity index (χ4v) is 1.54. The smallest absolute Gasteiger partial charge is 0.251 e. The van der Waals surface area contributed by atoms with Gasteiger partial charge in [0.05, 0.1) is 12.5 Å². The third-order valence-electron chi connectivity index (χ3n) is 2.32. The van der Waals surface area contributed by atoms with E-state index in [2.05, 4.69) is 5.10 Å². The molecule has 0 fully saturated rings. The van der Waals surface area contributed by atoms with Gasteiger partial charge in [0.2, 0.25) is 0 Å².